The van der Waals surface area contributed by atoms with Gasteiger partial charge in [0.25, 0.3) is 0 Å². The quantitative estimate of drug-likeness (QED) is 0.815. The third kappa shape index (κ3) is 2.25. The highest BCUT2D eigenvalue weighted by Crippen LogP contribution is 2.36. The van der Waals surface area contributed by atoms with Crippen molar-refractivity contribution in [2.45, 2.75) is 26.8 Å². The molecule has 17 heavy (non-hydrogen) atoms. The van der Waals surface area contributed by atoms with Gasteiger partial charge >= 0.3 is 6.09 Å². The third-order valence-corrected chi connectivity index (χ3v) is 3.13. The van der Waals surface area contributed by atoms with Crippen LogP contribution in [0.15, 0.2) is 18.2 Å². The molecule has 92 valence electrons. The maximum Gasteiger partial charge on any atom is 0.407 e. The zero-order valence-electron chi connectivity index (χ0n) is 10.2. The molecule has 0 aromatic heterocycles. The highest BCUT2D eigenvalue weighted by atomic mass is 19.1. The van der Waals surface area contributed by atoms with Crippen molar-refractivity contribution in [1.82, 2.24) is 5.32 Å². The minimum absolute atomic E-state index is 0.150. The lowest BCUT2D eigenvalue weighted by Crippen LogP contribution is -2.46. The van der Waals surface area contributed by atoms with Crippen LogP contribution in [0.5, 0.6) is 0 Å². The SMILES string of the molecule is Cc1cc([C@H]2NC(=O)OCC2(C)C)ccc1F. The largest absolute Gasteiger partial charge is 0.449 e. The average Bonchev–Trinajstić information content (AvgIpc) is 2.26. The van der Waals surface area contributed by atoms with Crippen molar-refractivity contribution in [2.24, 2.45) is 5.41 Å². The molecule has 0 unspecified atom stereocenters. The maximum absolute atomic E-state index is 13.2. The Hall–Kier alpha value is -1.58. The highest BCUT2D eigenvalue weighted by molar-refractivity contribution is 5.69. The van der Waals surface area contributed by atoms with E-state index in [1.165, 1.54) is 6.07 Å². The van der Waals surface area contributed by atoms with E-state index in [1.54, 1.807) is 19.1 Å². The van der Waals surface area contributed by atoms with Crippen molar-refractivity contribution in [2.75, 3.05) is 6.61 Å². The number of nitrogens with one attached hydrogen (secondary N) is 1. The van der Waals surface area contributed by atoms with Gasteiger partial charge in [-0.25, -0.2) is 9.18 Å². The van der Waals surface area contributed by atoms with E-state index in [0.717, 1.165) is 5.56 Å². The van der Waals surface area contributed by atoms with Crippen LogP contribution in [0, 0.1) is 18.2 Å². The Labute approximate surface area is 100.0 Å². The summed E-state index contributed by atoms with van der Waals surface area (Å²) < 4.78 is 18.2. The molecule has 1 aliphatic rings. The summed E-state index contributed by atoms with van der Waals surface area (Å²) >= 11 is 0. The predicted octanol–water partition coefficient (Wildman–Crippen LogP) is 2.94. The van der Waals surface area contributed by atoms with Crippen LogP contribution in [-0.4, -0.2) is 12.7 Å². The number of ether oxygens (including phenoxy) is 1. The summed E-state index contributed by atoms with van der Waals surface area (Å²) in [4.78, 5) is 11.3. The van der Waals surface area contributed by atoms with Gasteiger partial charge < -0.3 is 10.1 Å². The third-order valence-electron chi connectivity index (χ3n) is 3.13. The van der Waals surface area contributed by atoms with Gasteiger partial charge in [-0.2, -0.15) is 0 Å². The van der Waals surface area contributed by atoms with E-state index in [1.807, 2.05) is 13.8 Å². The molecule has 4 heteroatoms. The highest BCUT2D eigenvalue weighted by Gasteiger charge is 2.37. The molecule has 1 fully saturated rings. The molecule has 1 saturated heterocycles. The Kier molecular flexibility index (Phi) is 2.81. The fourth-order valence-corrected chi connectivity index (χ4v) is 2.07. The van der Waals surface area contributed by atoms with Gasteiger partial charge in [0.15, 0.2) is 0 Å². The number of aryl methyl sites for hydroxylation is 1. The Morgan fingerprint density at radius 1 is 1.47 bits per heavy atom. The topological polar surface area (TPSA) is 38.3 Å². The first kappa shape index (κ1) is 11.9. The summed E-state index contributed by atoms with van der Waals surface area (Å²) in [5.74, 6) is -0.232. The molecule has 1 atom stereocenters. The van der Waals surface area contributed by atoms with Gasteiger partial charge in [-0.05, 0) is 24.1 Å². The Balaban J connectivity index is 2.36. The predicted molar refractivity (Wildman–Crippen MR) is 62.1 cm³/mol. The molecule has 0 radical (unpaired) electrons. The molecular weight excluding hydrogens is 221 g/mol. The Morgan fingerprint density at radius 3 is 2.82 bits per heavy atom. The van der Waals surface area contributed by atoms with Gasteiger partial charge in [-0.1, -0.05) is 26.0 Å². The van der Waals surface area contributed by atoms with Gasteiger partial charge in [0, 0.05) is 5.41 Å². The maximum atomic E-state index is 13.2. The first-order valence-electron chi connectivity index (χ1n) is 5.59. The van der Waals surface area contributed by atoms with Crippen molar-refractivity contribution in [3.05, 3.63) is 35.1 Å². The Morgan fingerprint density at radius 2 is 2.18 bits per heavy atom. The van der Waals surface area contributed by atoms with E-state index < -0.39 is 6.09 Å². The van der Waals surface area contributed by atoms with E-state index in [9.17, 15) is 9.18 Å². The minimum Gasteiger partial charge on any atom is -0.449 e. The lowest BCUT2D eigenvalue weighted by Gasteiger charge is -2.38. The summed E-state index contributed by atoms with van der Waals surface area (Å²) in [7, 11) is 0. The fourth-order valence-electron chi connectivity index (χ4n) is 2.07. The summed E-state index contributed by atoms with van der Waals surface area (Å²) in [5, 5.41) is 2.79. The molecule has 0 spiro atoms. The van der Waals surface area contributed by atoms with Gasteiger partial charge in [-0.15, -0.1) is 0 Å². The van der Waals surface area contributed by atoms with Crippen molar-refractivity contribution >= 4 is 6.09 Å². The summed E-state index contributed by atoms with van der Waals surface area (Å²) in [6.07, 6.45) is -0.420. The van der Waals surface area contributed by atoms with E-state index in [2.05, 4.69) is 5.32 Å². The molecule has 1 aromatic carbocycles. The van der Waals surface area contributed by atoms with E-state index >= 15 is 0 Å². The van der Waals surface area contributed by atoms with E-state index in [0.29, 0.717) is 12.2 Å². The molecule has 3 nitrogen and oxygen atoms in total. The molecule has 0 saturated carbocycles. The summed E-state index contributed by atoms with van der Waals surface area (Å²) in [6.45, 7) is 6.10. The number of rotatable bonds is 1. The average molecular weight is 237 g/mol. The van der Waals surface area contributed by atoms with Crippen molar-refractivity contribution in [3.8, 4) is 0 Å². The number of cyclic esters (lactones) is 1. The molecule has 1 N–H and O–H groups in total. The van der Waals surface area contributed by atoms with Gasteiger partial charge in [-0.3, -0.25) is 0 Å². The van der Waals surface area contributed by atoms with Crippen LogP contribution in [0.25, 0.3) is 0 Å². The molecule has 0 bridgehead atoms. The zero-order chi connectivity index (χ0) is 12.6. The van der Waals surface area contributed by atoms with Gasteiger partial charge in [0.1, 0.15) is 12.4 Å². The van der Waals surface area contributed by atoms with Gasteiger partial charge in [0.2, 0.25) is 0 Å². The second-order valence-corrected chi connectivity index (χ2v) is 5.15. The molecule has 2 rings (SSSR count). The van der Waals surface area contributed by atoms with Crippen molar-refractivity contribution < 1.29 is 13.9 Å². The molecule has 1 aromatic rings. The zero-order valence-corrected chi connectivity index (χ0v) is 10.2. The standard InChI is InChI=1S/C13H16FNO2/c1-8-6-9(4-5-10(8)14)11-13(2,3)7-17-12(16)15-11/h4-6,11H,7H2,1-3H3,(H,15,16)/t11-/m1/s1. The number of benzene rings is 1. The van der Waals surface area contributed by atoms with Crippen molar-refractivity contribution in [3.63, 3.8) is 0 Å². The molecular formula is C13H16FNO2. The second-order valence-electron chi connectivity index (χ2n) is 5.15. The molecule has 0 aliphatic carbocycles. The number of carbonyl (C=O) groups is 1. The first-order valence-corrected chi connectivity index (χ1v) is 5.59. The molecule has 1 amide bonds. The lowest BCUT2D eigenvalue weighted by molar-refractivity contribution is 0.0387. The lowest BCUT2D eigenvalue weighted by atomic mass is 9.80. The van der Waals surface area contributed by atoms with Crippen LogP contribution < -0.4 is 5.32 Å². The van der Waals surface area contributed by atoms with Crippen LogP contribution in [0.4, 0.5) is 9.18 Å². The number of alkyl carbamates (subject to hydrolysis) is 1. The number of amides is 1. The first-order chi connectivity index (χ1) is 7.90. The minimum atomic E-state index is -0.420. The number of hydrogen-bond donors (Lipinski definition) is 1. The van der Waals surface area contributed by atoms with E-state index in [4.69, 9.17) is 4.74 Å². The summed E-state index contributed by atoms with van der Waals surface area (Å²) in [5.41, 5.74) is 1.28. The fraction of sp³-hybridized carbons (Fsp3) is 0.462. The van der Waals surface area contributed by atoms with Crippen molar-refractivity contribution in [1.29, 1.82) is 0 Å². The normalized spacial score (nSPS) is 22.8. The smallest absolute Gasteiger partial charge is 0.407 e. The van der Waals surface area contributed by atoms with E-state index in [-0.39, 0.29) is 17.3 Å². The monoisotopic (exact) mass is 237 g/mol. The van der Waals surface area contributed by atoms with Crippen LogP contribution in [0.1, 0.15) is 31.0 Å². The van der Waals surface area contributed by atoms with Crippen LogP contribution in [0.3, 0.4) is 0 Å². The Bertz CT molecular complexity index is 457. The number of carbonyl (C=O) groups excluding carboxylic acids is 1. The number of halogens is 1. The second kappa shape index (κ2) is 4.02. The summed E-state index contributed by atoms with van der Waals surface area (Å²) in [6, 6.07) is 4.76. The van der Waals surface area contributed by atoms with Crippen LogP contribution in [0.2, 0.25) is 0 Å². The van der Waals surface area contributed by atoms with Crippen LogP contribution in [-0.2, 0) is 4.74 Å². The number of hydrogen-bond acceptors (Lipinski definition) is 2. The van der Waals surface area contributed by atoms with Gasteiger partial charge in [0.05, 0.1) is 6.04 Å². The molecule has 1 heterocycles. The molecule has 1 aliphatic heterocycles. The van der Waals surface area contributed by atoms with Crippen LogP contribution >= 0.6 is 0 Å².